The molecule has 6 nitrogen and oxygen atoms in total. The minimum absolute atomic E-state index is 0. The Morgan fingerprint density at radius 3 is 0.400 bits per heavy atom. The van der Waals surface area contributed by atoms with Gasteiger partial charge >= 0.3 is 123 Å². The van der Waals surface area contributed by atoms with E-state index in [1.165, 1.54) is 0 Å². The van der Waals surface area contributed by atoms with Gasteiger partial charge in [-0.25, -0.2) is 0 Å². The van der Waals surface area contributed by atoms with Gasteiger partial charge in [-0.05, 0) is 72.8 Å². The minimum atomic E-state index is -10.7. The number of hydrogen-bond donors (Lipinski definition) is 0. The van der Waals surface area contributed by atoms with Crippen molar-refractivity contribution >= 4 is 15.6 Å². The van der Waals surface area contributed by atoms with Crippen LogP contribution in [0.4, 0.5) is 129 Å². The molecule has 420 valence electrons. The Labute approximate surface area is 408 Å². The van der Waals surface area contributed by atoms with Gasteiger partial charge in [0, 0.05) is 37.2 Å². The van der Waals surface area contributed by atoms with Crippen molar-refractivity contribution < 1.29 is 149 Å². The van der Waals surface area contributed by atoms with E-state index in [0.29, 0.717) is 36.4 Å². The first-order chi connectivity index (χ1) is 32.4. The molecule has 0 atom stereocenters. The topological polar surface area (TPSA) is 77.3 Å². The van der Waals surface area contributed by atoms with Crippen LogP contribution in [0.25, 0.3) is 34.2 Å². The summed E-state index contributed by atoms with van der Waals surface area (Å²) < 4.78 is 344. The van der Waals surface area contributed by atoms with Crippen molar-refractivity contribution in [3.05, 3.63) is 143 Å². The van der Waals surface area contributed by atoms with Crippen LogP contribution in [-0.2, 0) is 56.5 Å². The molecule has 0 aliphatic carbocycles. The van der Waals surface area contributed by atoms with E-state index in [1.54, 1.807) is 0 Å². The van der Waals surface area contributed by atoms with Crippen LogP contribution in [0.5, 0.6) is 0 Å². The number of nitrogens with zero attached hydrogens (tertiary/aromatic N) is 6. The smallest absolute Gasteiger partial charge is 2.00 e. The van der Waals surface area contributed by atoms with E-state index >= 15 is 0 Å². The van der Waals surface area contributed by atoms with Crippen LogP contribution in [0.2, 0.25) is 0 Å². The molecule has 0 radical (unpaired) electrons. The van der Waals surface area contributed by atoms with Crippen LogP contribution < -0.4 is 0 Å². The van der Waals surface area contributed by atoms with Crippen LogP contribution in [0, 0.1) is 0 Å². The van der Waals surface area contributed by atoms with Crippen molar-refractivity contribution in [3.8, 4) is 34.2 Å². The number of alkyl halides is 18. The van der Waals surface area contributed by atoms with Gasteiger partial charge in [0.25, 0.3) is 0 Å². The Morgan fingerprint density at radius 2 is 0.320 bits per heavy atom. The Kier molecular flexibility index (Phi) is 19.2. The molecule has 0 bridgehead atoms. The molecule has 0 aliphatic rings. The second-order valence-corrected chi connectivity index (χ2v) is 17.3. The van der Waals surface area contributed by atoms with Crippen LogP contribution in [-0.4, -0.2) is 29.9 Å². The first kappa shape index (κ1) is 67.3. The SMILES string of the molecule is FC(F)(F)c1ccnc(-c2cc(C(F)(F)F)ccn2)c1.FC(F)(F)c1ccnc(-c2cc(C(F)(F)F)ccn2)c1.FC(F)(F)c1ccnc(-c2cc(C(F)(F)F)ccn2)c1.F[P-](F)(F)(F)(F)F.F[P-](F)(F)(F)(F)F.[Ru+2]. The van der Waals surface area contributed by atoms with E-state index in [4.69, 9.17) is 0 Å². The molecule has 0 aliphatic heterocycles. The molecule has 0 N–H and O–H groups in total. The predicted octanol–water partition coefficient (Wildman–Crippen LogP) is 19.3. The summed E-state index contributed by atoms with van der Waals surface area (Å²) in [5.74, 6) is 0. The summed E-state index contributed by atoms with van der Waals surface area (Å²) in [6, 6.07) is 8.33. The molecule has 6 rings (SSSR count). The molecular weight excluding hydrogens is 1250 g/mol. The molecule has 0 aromatic carbocycles. The molecule has 6 heterocycles. The van der Waals surface area contributed by atoms with Crippen molar-refractivity contribution in [2.24, 2.45) is 0 Å². The monoisotopic (exact) mass is 1270 g/mol. The molecule has 6 aromatic rings. The van der Waals surface area contributed by atoms with E-state index < -0.39 is 86.1 Å². The average molecular weight is 1270 g/mol. The van der Waals surface area contributed by atoms with Gasteiger partial charge in [0.05, 0.1) is 67.5 Å². The van der Waals surface area contributed by atoms with E-state index in [9.17, 15) is 129 Å². The first-order valence-electron chi connectivity index (χ1n) is 17.8. The van der Waals surface area contributed by atoms with Gasteiger partial charge < -0.3 is 0 Å². The predicted molar refractivity (Wildman–Crippen MR) is 200 cm³/mol. The van der Waals surface area contributed by atoms with Crippen molar-refractivity contribution in [1.29, 1.82) is 0 Å². The Balaban J connectivity index is 0.000000496. The second-order valence-electron chi connectivity index (χ2n) is 13.5. The molecule has 75 heavy (non-hydrogen) atoms. The Hall–Kier alpha value is -5.72. The maximum absolute atomic E-state index is 12.5. The van der Waals surface area contributed by atoms with Gasteiger partial charge in [-0.3, -0.25) is 29.9 Å². The van der Waals surface area contributed by atoms with E-state index in [0.717, 1.165) is 73.6 Å². The maximum Gasteiger partial charge on any atom is 2.00 e. The maximum atomic E-state index is 12.5. The zero-order valence-electron chi connectivity index (χ0n) is 34.7. The van der Waals surface area contributed by atoms with Gasteiger partial charge in [0.1, 0.15) is 0 Å². The third-order valence-electron chi connectivity index (χ3n) is 7.31. The van der Waals surface area contributed by atoms with Crippen LogP contribution in [0.15, 0.2) is 110 Å². The molecule has 0 saturated heterocycles. The van der Waals surface area contributed by atoms with Crippen molar-refractivity contribution in [1.82, 2.24) is 29.9 Å². The molecule has 0 unspecified atom stereocenters. The number of halogens is 30. The molecule has 0 fully saturated rings. The quantitative estimate of drug-likeness (QED) is 0.0998. The Morgan fingerprint density at radius 1 is 0.227 bits per heavy atom. The second kappa shape index (κ2) is 21.4. The van der Waals surface area contributed by atoms with Crippen LogP contribution in [0.1, 0.15) is 33.4 Å². The van der Waals surface area contributed by atoms with Gasteiger partial charge in [0.15, 0.2) is 0 Å². The number of rotatable bonds is 3. The summed E-state index contributed by atoms with van der Waals surface area (Å²) in [5, 5.41) is 0. The van der Waals surface area contributed by atoms with E-state index in [1.807, 2.05) is 0 Å². The van der Waals surface area contributed by atoms with E-state index in [-0.39, 0.29) is 53.6 Å². The third kappa shape index (κ3) is 28.7. The molecular formula is C36H18F30N6P2Ru. The minimum Gasteiger partial charge on any atom is 2.00 e. The Bertz CT molecular complexity index is 2380. The first-order valence-corrected chi connectivity index (χ1v) is 21.8. The zero-order chi connectivity index (χ0) is 57.7. The summed E-state index contributed by atoms with van der Waals surface area (Å²) in [5.41, 5.74) is -7.62. The molecule has 0 amide bonds. The standard InChI is InChI=1S/3C12H6F6N2.2F6P.Ru/c3*13-11(14,15)7-1-3-19-9(5-7)10-6-8(2-4-20-10)12(16,17)18;2*1-7(2,3,4,5)6;/h3*1-6H;;;/q;;;2*-1;+2. The molecule has 0 saturated carbocycles. The average Bonchev–Trinajstić information content (AvgIpc) is 3.20. The normalized spacial score (nSPS) is 14.3. The summed E-state index contributed by atoms with van der Waals surface area (Å²) in [6.07, 6.45) is -22.3. The number of aromatic nitrogens is 6. The van der Waals surface area contributed by atoms with Crippen molar-refractivity contribution in [3.63, 3.8) is 0 Å². The number of pyridine rings is 6. The van der Waals surface area contributed by atoms with Crippen molar-refractivity contribution in [2.45, 2.75) is 37.1 Å². The third-order valence-corrected chi connectivity index (χ3v) is 7.31. The summed E-state index contributed by atoms with van der Waals surface area (Å²) in [4.78, 5) is 21.7. The fourth-order valence-electron chi connectivity index (χ4n) is 4.48. The van der Waals surface area contributed by atoms with E-state index in [2.05, 4.69) is 29.9 Å². The fraction of sp³-hybridized carbons (Fsp3) is 0.167. The van der Waals surface area contributed by atoms with Crippen molar-refractivity contribution in [2.75, 3.05) is 0 Å². The van der Waals surface area contributed by atoms with Gasteiger partial charge in [0.2, 0.25) is 0 Å². The fourth-order valence-corrected chi connectivity index (χ4v) is 4.48. The van der Waals surface area contributed by atoms with Crippen LogP contribution in [0.3, 0.4) is 0 Å². The molecule has 0 spiro atoms. The molecule has 6 aromatic heterocycles. The van der Waals surface area contributed by atoms with Gasteiger partial charge in [-0.1, -0.05) is 0 Å². The summed E-state index contributed by atoms with van der Waals surface area (Å²) >= 11 is 0. The summed E-state index contributed by atoms with van der Waals surface area (Å²) in [6.45, 7) is 0. The van der Waals surface area contributed by atoms with Gasteiger partial charge in [-0.15, -0.1) is 0 Å². The number of hydrogen-bond acceptors (Lipinski definition) is 6. The zero-order valence-corrected chi connectivity index (χ0v) is 38.2. The van der Waals surface area contributed by atoms with Crippen LogP contribution >= 0.6 is 15.6 Å². The summed E-state index contributed by atoms with van der Waals surface area (Å²) in [7, 11) is -21.3. The molecule has 39 heteroatoms. The van der Waals surface area contributed by atoms with Gasteiger partial charge in [-0.2, -0.15) is 79.0 Å². The largest absolute Gasteiger partial charge is 2.00 e.